The normalized spacial score (nSPS) is 9.25. The van der Waals surface area contributed by atoms with Gasteiger partial charge in [-0.05, 0) is 24.3 Å². The Hall–Kier alpha value is -2.30. The number of carbonyl (C=O) groups is 2. The average Bonchev–Trinajstić information content (AvgIpc) is 2.27. The van der Waals surface area contributed by atoms with Gasteiger partial charge < -0.3 is 14.6 Å². The van der Waals surface area contributed by atoms with Crippen LogP contribution in [0.1, 0.15) is 10.4 Å². The van der Waals surface area contributed by atoms with Crippen LogP contribution < -0.4 is 0 Å². The predicted molar refractivity (Wildman–Crippen MR) is 54.7 cm³/mol. The summed E-state index contributed by atoms with van der Waals surface area (Å²) in [6.07, 6.45) is 0.955. The standard InChI is InChI=1S/C11H10O5/c1-2-15-10(13)7-16-11(14)8-3-5-9(12)6-4-8/h2-6,12H,1,7H2. The molecule has 1 aromatic rings. The van der Waals surface area contributed by atoms with Crippen molar-refractivity contribution in [3.05, 3.63) is 42.7 Å². The van der Waals surface area contributed by atoms with E-state index in [0.717, 1.165) is 6.26 Å². The van der Waals surface area contributed by atoms with Crippen molar-refractivity contribution in [2.75, 3.05) is 6.61 Å². The summed E-state index contributed by atoms with van der Waals surface area (Å²) >= 11 is 0. The molecule has 0 fully saturated rings. The van der Waals surface area contributed by atoms with E-state index in [0.29, 0.717) is 0 Å². The Morgan fingerprint density at radius 1 is 1.31 bits per heavy atom. The second kappa shape index (κ2) is 5.55. The van der Waals surface area contributed by atoms with Crippen molar-refractivity contribution in [3.63, 3.8) is 0 Å². The third kappa shape index (κ3) is 3.45. The van der Waals surface area contributed by atoms with Gasteiger partial charge in [0.05, 0.1) is 11.8 Å². The number of esters is 2. The molecule has 0 amide bonds. The lowest BCUT2D eigenvalue weighted by atomic mass is 10.2. The number of aromatic hydroxyl groups is 1. The second-order valence-electron chi connectivity index (χ2n) is 2.78. The summed E-state index contributed by atoms with van der Waals surface area (Å²) in [6.45, 7) is 2.70. The smallest absolute Gasteiger partial charge is 0.349 e. The van der Waals surface area contributed by atoms with Gasteiger partial charge in [0.25, 0.3) is 0 Å². The number of benzene rings is 1. The van der Waals surface area contributed by atoms with Crippen LogP contribution in [0.3, 0.4) is 0 Å². The van der Waals surface area contributed by atoms with E-state index < -0.39 is 18.5 Å². The first-order valence-corrected chi connectivity index (χ1v) is 4.40. The minimum atomic E-state index is -0.706. The Balaban J connectivity index is 2.49. The first-order valence-electron chi connectivity index (χ1n) is 4.40. The molecule has 0 aliphatic heterocycles. The molecule has 0 bridgehead atoms. The summed E-state index contributed by atoms with van der Waals surface area (Å²) in [5.74, 6) is -1.33. The summed E-state index contributed by atoms with van der Waals surface area (Å²) in [7, 11) is 0. The van der Waals surface area contributed by atoms with Crippen molar-refractivity contribution in [2.45, 2.75) is 0 Å². The molecule has 0 unspecified atom stereocenters. The number of rotatable bonds is 4. The van der Waals surface area contributed by atoms with Crippen molar-refractivity contribution in [2.24, 2.45) is 0 Å². The molecule has 0 spiro atoms. The molecular formula is C11H10O5. The average molecular weight is 222 g/mol. The summed E-state index contributed by atoms with van der Waals surface area (Å²) in [5.41, 5.74) is 0.240. The number of hydrogen-bond donors (Lipinski definition) is 1. The first kappa shape index (κ1) is 11.8. The van der Waals surface area contributed by atoms with Gasteiger partial charge in [-0.3, -0.25) is 0 Å². The Morgan fingerprint density at radius 3 is 2.50 bits per heavy atom. The molecule has 1 N–H and O–H groups in total. The molecule has 5 nitrogen and oxygen atoms in total. The molecule has 0 radical (unpaired) electrons. The van der Waals surface area contributed by atoms with Gasteiger partial charge in [-0.2, -0.15) is 0 Å². The van der Waals surface area contributed by atoms with E-state index in [9.17, 15) is 9.59 Å². The van der Waals surface area contributed by atoms with Crippen LogP contribution in [-0.2, 0) is 14.3 Å². The van der Waals surface area contributed by atoms with E-state index >= 15 is 0 Å². The van der Waals surface area contributed by atoms with Gasteiger partial charge in [-0.15, -0.1) is 0 Å². The molecule has 1 aromatic carbocycles. The number of phenolic OH excluding ortho intramolecular Hbond substituents is 1. The van der Waals surface area contributed by atoms with Gasteiger partial charge in [-0.25, -0.2) is 9.59 Å². The first-order chi connectivity index (χ1) is 7.63. The Morgan fingerprint density at radius 2 is 1.94 bits per heavy atom. The molecule has 0 aromatic heterocycles. The van der Waals surface area contributed by atoms with E-state index in [-0.39, 0.29) is 11.3 Å². The largest absolute Gasteiger partial charge is 0.508 e. The summed E-state index contributed by atoms with van der Waals surface area (Å²) in [4.78, 5) is 22.1. The summed E-state index contributed by atoms with van der Waals surface area (Å²) in [6, 6.07) is 5.46. The van der Waals surface area contributed by atoms with Crippen molar-refractivity contribution in [3.8, 4) is 5.75 Å². The molecule has 0 aliphatic rings. The number of ether oxygens (including phenoxy) is 2. The lowest BCUT2D eigenvalue weighted by Gasteiger charge is -2.03. The van der Waals surface area contributed by atoms with Crippen LogP contribution in [0.5, 0.6) is 5.75 Å². The Kier molecular flexibility index (Phi) is 4.08. The summed E-state index contributed by atoms with van der Waals surface area (Å²) < 4.78 is 8.99. The van der Waals surface area contributed by atoms with Gasteiger partial charge in [0.2, 0.25) is 0 Å². The summed E-state index contributed by atoms with van der Waals surface area (Å²) in [5, 5.41) is 8.99. The van der Waals surface area contributed by atoms with Gasteiger partial charge in [0.1, 0.15) is 5.75 Å². The monoisotopic (exact) mass is 222 g/mol. The highest BCUT2D eigenvalue weighted by atomic mass is 16.6. The highest BCUT2D eigenvalue weighted by Crippen LogP contribution is 2.10. The lowest BCUT2D eigenvalue weighted by Crippen LogP contribution is -2.14. The molecule has 0 heterocycles. The van der Waals surface area contributed by atoms with Crippen LogP contribution >= 0.6 is 0 Å². The van der Waals surface area contributed by atoms with Crippen molar-refractivity contribution in [1.82, 2.24) is 0 Å². The molecule has 0 atom stereocenters. The van der Waals surface area contributed by atoms with Gasteiger partial charge in [0.15, 0.2) is 6.61 Å². The third-order valence-electron chi connectivity index (χ3n) is 1.64. The fourth-order valence-corrected chi connectivity index (χ4v) is 0.932. The quantitative estimate of drug-likeness (QED) is 0.612. The minimum Gasteiger partial charge on any atom is -0.508 e. The second-order valence-corrected chi connectivity index (χ2v) is 2.78. The number of hydrogen-bond acceptors (Lipinski definition) is 5. The highest BCUT2D eigenvalue weighted by Gasteiger charge is 2.09. The number of phenols is 1. The third-order valence-corrected chi connectivity index (χ3v) is 1.64. The van der Waals surface area contributed by atoms with Crippen LogP contribution in [0.4, 0.5) is 0 Å². The lowest BCUT2D eigenvalue weighted by molar-refractivity contribution is -0.141. The van der Waals surface area contributed by atoms with Crippen LogP contribution in [0, 0.1) is 0 Å². The topological polar surface area (TPSA) is 72.8 Å². The fourth-order valence-electron chi connectivity index (χ4n) is 0.932. The molecule has 5 heteroatoms. The van der Waals surface area contributed by atoms with Crippen molar-refractivity contribution >= 4 is 11.9 Å². The maximum Gasteiger partial charge on any atom is 0.349 e. The SMILES string of the molecule is C=COC(=O)COC(=O)c1ccc(O)cc1. The highest BCUT2D eigenvalue weighted by molar-refractivity contribution is 5.90. The molecule has 0 saturated carbocycles. The van der Waals surface area contributed by atoms with E-state index in [1.54, 1.807) is 0 Å². The van der Waals surface area contributed by atoms with Crippen LogP contribution in [-0.4, -0.2) is 23.7 Å². The van der Waals surface area contributed by atoms with Crippen LogP contribution in [0.2, 0.25) is 0 Å². The van der Waals surface area contributed by atoms with E-state index in [4.69, 9.17) is 5.11 Å². The van der Waals surface area contributed by atoms with Gasteiger partial charge in [-0.1, -0.05) is 6.58 Å². The molecule has 84 valence electrons. The zero-order valence-electron chi connectivity index (χ0n) is 8.38. The maximum absolute atomic E-state index is 11.3. The zero-order valence-corrected chi connectivity index (χ0v) is 8.38. The fraction of sp³-hybridized carbons (Fsp3) is 0.0909. The number of carbonyl (C=O) groups excluding carboxylic acids is 2. The Labute approximate surface area is 91.9 Å². The molecule has 1 rings (SSSR count). The molecular weight excluding hydrogens is 212 g/mol. The predicted octanol–water partition coefficient (Wildman–Crippen LogP) is 1.24. The molecule has 0 aliphatic carbocycles. The van der Waals surface area contributed by atoms with E-state index in [2.05, 4.69) is 16.1 Å². The van der Waals surface area contributed by atoms with Crippen molar-refractivity contribution in [1.29, 1.82) is 0 Å². The molecule has 16 heavy (non-hydrogen) atoms. The van der Waals surface area contributed by atoms with E-state index in [1.165, 1.54) is 24.3 Å². The Bertz CT molecular complexity index is 393. The minimum absolute atomic E-state index is 0.0441. The van der Waals surface area contributed by atoms with Gasteiger partial charge >= 0.3 is 11.9 Å². The van der Waals surface area contributed by atoms with E-state index in [1.807, 2.05) is 0 Å². The molecule has 0 saturated heterocycles. The maximum atomic E-state index is 11.3. The van der Waals surface area contributed by atoms with Crippen LogP contribution in [0.25, 0.3) is 0 Å². The van der Waals surface area contributed by atoms with Crippen LogP contribution in [0.15, 0.2) is 37.1 Å². The van der Waals surface area contributed by atoms with Crippen molar-refractivity contribution < 1.29 is 24.2 Å². The zero-order chi connectivity index (χ0) is 12.0. The van der Waals surface area contributed by atoms with Gasteiger partial charge in [0, 0.05) is 0 Å².